The Labute approximate surface area is 174 Å². The van der Waals surface area contributed by atoms with Gasteiger partial charge in [-0.3, -0.25) is 4.98 Å². The summed E-state index contributed by atoms with van der Waals surface area (Å²) in [5.74, 6) is 0.410. The van der Waals surface area contributed by atoms with E-state index in [9.17, 15) is 4.79 Å². The Balaban J connectivity index is 1.87. The Morgan fingerprint density at radius 2 is 2.20 bits per heavy atom. The summed E-state index contributed by atoms with van der Waals surface area (Å²) in [7, 11) is 5.51. The van der Waals surface area contributed by atoms with Crippen molar-refractivity contribution in [1.82, 2.24) is 20.2 Å². The monoisotopic (exact) mass is 415 g/mol. The molecule has 0 amide bonds. The molecule has 1 aromatic carbocycles. The predicted octanol–water partition coefficient (Wildman–Crippen LogP) is 1.24. The second-order valence-electron chi connectivity index (χ2n) is 6.83. The number of H-pyrrole nitrogens is 2. The highest BCUT2D eigenvalue weighted by molar-refractivity contribution is 5.90. The average molecular weight is 415 g/mol. The standard InChI is InChI=1S/C20H26N6O4/c1-21-6-7-26(2)10-13-9-22-19-18(13)20(24-12-23-19)25-14-4-5-15(29-3)16(8-14)30-11-17(27)28/h4-5,8-9,12,21H,6-7,10-11H2,1-3H3,(H,27,28)(H2,22,23,24,25)/p+1. The zero-order valence-corrected chi connectivity index (χ0v) is 17.3. The van der Waals surface area contributed by atoms with Gasteiger partial charge in [0.15, 0.2) is 18.1 Å². The number of hydrogen-bond acceptors (Lipinski definition) is 7. The van der Waals surface area contributed by atoms with Crippen LogP contribution >= 0.6 is 0 Å². The van der Waals surface area contributed by atoms with Crippen molar-refractivity contribution < 1.29 is 24.4 Å². The van der Waals surface area contributed by atoms with Crippen LogP contribution in [0.2, 0.25) is 0 Å². The molecule has 0 spiro atoms. The summed E-state index contributed by atoms with van der Waals surface area (Å²) in [6, 6.07) is 5.23. The van der Waals surface area contributed by atoms with Crippen LogP contribution in [0, 0.1) is 0 Å². The summed E-state index contributed by atoms with van der Waals surface area (Å²) in [5, 5.41) is 16.3. The highest BCUT2D eigenvalue weighted by atomic mass is 16.5. The molecule has 5 N–H and O–H groups in total. The fourth-order valence-corrected chi connectivity index (χ4v) is 3.11. The first-order valence-corrected chi connectivity index (χ1v) is 9.51. The van der Waals surface area contributed by atoms with E-state index in [-0.39, 0.29) is 0 Å². The van der Waals surface area contributed by atoms with Gasteiger partial charge in [-0.25, -0.2) is 9.78 Å². The molecule has 2 heterocycles. The van der Waals surface area contributed by atoms with E-state index in [1.165, 1.54) is 7.11 Å². The third kappa shape index (κ3) is 5.16. The Bertz CT molecular complexity index is 1010. The molecule has 10 heteroatoms. The second-order valence-corrected chi connectivity index (χ2v) is 6.83. The SMILES string of the molecule is CNCCN(C)Cc1c[nH]c2[nH+]cnc(Nc3ccc(OC)c(OCC(=O)O)c3)c12. The number of aromatic nitrogens is 3. The number of carboxylic acid groups (broad SMARTS) is 1. The van der Waals surface area contributed by atoms with Gasteiger partial charge in [0.2, 0.25) is 17.8 Å². The summed E-state index contributed by atoms with van der Waals surface area (Å²) in [6.45, 7) is 2.12. The highest BCUT2D eigenvalue weighted by Crippen LogP contribution is 2.32. The maximum absolute atomic E-state index is 10.9. The lowest BCUT2D eigenvalue weighted by Gasteiger charge is -2.15. The van der Waals surface area contributed by atoms with Gasteiger partial charge in [0, 0.05) is 37.0 Å². The van der Waals surface area contributed by atoms with Gasteiger partial charge in [0.1, 0.15) is 5.39 Å². The molecule has 0 fully saturated rings. The number of rotatable bonds is 11. The molecule has 0 saturated heterocycles. The first-order chi connectivity index (χ1) is 14.5. The molecule has 0 aliphatic heterocycles. The minimum absolute atomic E-state index is 0.338. The largest absolute Gasteiger partial charge is 0.493 e. The molecular formula is C20H27N6O4+. The summed E-state index contributed by atoms with van der Waals surface area (Å²) in [6.07, 6.45) is 3.58. The molecule has 2 aromatic heterocycles. The van der Waals surface area contributed by atoms with Crippen LogP contribution in [0.15, 0.2) is 30.7 Å². The summed E-state index contributed by atoms with van der Waals surface area (Å²) >= 11 is 0. The molecule has 10 nitrogen and oxygen atoms in total. The molecular weight excluding hydrogens is 388 g/mol. The van der Waals surface area contributed by atoms with Crippen molar-refractivity contribution in [3.8, 4) is 11.5 Å². The van der Waals surface area contributed by atoms with Gasteiger partial charge < -0.3 is 30.1 Å². The van der Waals surface area contributed by atoms with Crippen molar-refractivity contribution >= 4 is 28.5 Å². The molecule has 30 heavy (non-hydrogen) atoms. The van der Waals surface area contributed by atoms with Gasteiger partial charge >= 0.3 is 5.97 Å². The molecule has 0 saturated carbocycles. The van der Waals surface area contributed by atoms with Crippen molar-refractivity contribution in [3.63, 3.8) is 0 Å². The number of nitrogens with one attached hydrogen (secondary N) is 4. The number of carboxylic acids is 1. The van der Waals surface area contributed by atoms with E-state index in [2.05, 4.69) is 37.5 Å². The maximum Gasteiger partial charge on any atom is 0.341 e. The van der Waals surface area contributed by atoms with Crippen molar-refractivity contribution in [1.29, 1.82) is 0 Å². The first kappa shape index (κ1) is 21.3. The molecule has 0 aliphatic carbocycles. The minimum atomic E-state index is -1.06. The van der Waals surface area contributed by atoms with E-state index >= 15 is 0 Å². The fraction of sp³-hybridized carbons (Fsp3) is 0.350. The van der Waals surface area contributed by atoms with E-state index in [0.717, 1.165) is 36.2 Å². The van der Waals surface area contributed by atoms with Crippen LogP contribution in [0.1, 0.15) is 5.56 Å². The second kappa shape index (κ2) is 9.90. The van der Waals surface area contributed by atoms with Crippen molar-refractivity contribution in [2.45, 2.75) is 6.54 Å². The number of carbonyl (C=O) groups is 1. The van der Waals surface area contributed by atoms with Crippen LogP contribution in [0.4, 0.5) is 11.5 Å². The third-order valence-corrected chi connectivity index (χ3v) is 4.56. The average Bonchev–Trinajstić information content (AvgIpc) is 3.14. The Hall–Kier alpha value is -3.37. The zero-order chi connectivity index (χ0) is 21.5. The zero-order valence-electron chi connectivity index (χ0n) is 17.3. The number of nitrogens with zero attached hydrogens (tertiary/aromatic N) is 2. The highest BCUT2D eigenvalue weighted by Gasteiger charge is 2.18. The molecule has 3 rings (SSSR count). The van der Waals surface area contributed by atoms with Gasteiger partial charge in [-0.05, 0) is 26.2 Å². The van der Waals surface area contributed by atoms with Crippen LogP contribution < -0.4 is 25.1 Å². The van der Waals surface area contributed by atoms with Crippen LogP contribution in [0.3, 0.4) is 0 Å². The number of ether oxygens (including phenoxy) is 2. The first-order valence-electron chi connectivity index (χ1n) is 9.51. The quantitative estimate of drug-likeness (QED) is 0.369. The van der Waals surface area contributed by atoms with Crippen LogP contribution in [0.5, 0.6) is 11.5 Å². The maximum atomic E-state index is 10.9. The molecule has 0 aliphatic rings. The smallest absolute Gasteiger partial charge is 0.341 e. The van der Waals surface area contributed by atoms with Gasteiger partial charge in [-0.1, -0.05) is 4.98 Å². The van der Waals surface area contributed by atoms with Gasteiger partial charge in [0.05, 0.1) is 13.3 Å². The van der Waals surface area contributed by atoms with E-state index in [4.69, 9.17) is 14.6 Å². The van der Waals surface area contributed by atoms with Crippen molar-refractivity contribution in [2.24, 2.45) is 0 Å². The third-order valence-electron chi connectivity index (χ3n) is 4.56. The molecule has 0 unspecified atom stereocenters. The molecule has 0 radical (unpaired) electrons. The number of fused-ring (bicyclic) bond motifs is 1. The van der Waals surface area contributed by atoms with Gasteiger partial charge in [-0.15, -0.1) is 0 Å². The van der Waals surface area contributed by atoms with Crippen LogP contribution in [0.25, 0.3) is 11.0 Å². The number of anilines is 2. The van der Waals surface area contributed by atoms with Crippen molar-refractivity contribution in [3.05, 3.63) is 36.3 Å². The van der Waals surface area contributed by atoms with Crippen LogP contribution in [-0.2, 0) is 11.3 Å². The lowest BCUT2D eigenvalue weighted by Crippen LogP contribution is -2.26. The lowest BCUT2D eigenvalue weighted by atomic mass is 10.2. The van der Waals surface area contributed by atoms with E-state index in [0.29, 0.717) is 23.0 Å². The van der Waals surface area contributed by atoms with Crippen LogP contribution in [-0.4, -0.2) is 66.8 Å². The summed E-state index contributed by atoms with van der Waals surface area (Å²) < 4.78 is 10.6. The summed E-state index contributed by atoms with van der Waals surface area (Å²) in [5.41, 5.74) is 2.67. The Morgan fingerprint density at radius 3 is 2.93 bits per heavy atom. The van der Waals surface area contributed by atoms with E-state index in [1.807, 2.05) is 19.3 Å². The molecule has 3 aromatic rings. The number of aromatic amines is 2. The lowest BCUT2D eigenvalue weighted by molar-refractivity contribution is -0.352. The normalized spacial score (nSPS) is 11.1. The topological polar surface area (TPSA) is 126 Å². The van der Waals surface area contributed by atoms with Gasteiger partial charge in [-0.2, -0.15) is 0 Å². The molecule has 0 bridgehead atoms. The number of benzene rings is 1. The van der Waals surface area contributed by atoms with Crippen molar-refractivity contribution in [2.75, 3.05) is 46.2 Å². The van der Waals surface area contributed by atoms with Gasteiger partial charge in [0.25, 0.3) is 0 Å². The minimum Gasteiger partial charge on any atom is -0.493 e. The van der Waals surface area contributed by atoms with E-state index in [1.54, 1.807) is 18.5 Å². The number of hydrogen-bond donors (Lipinski definition) is 4. The Morgan fingerprint density at radius 1 is 1.37 bits per heavy atom. The fourth-order valence-electron chi connectivity index (χ4n) is 3.11. The molecule has 160 valence electrons. The number of methoxy groups -OCH3 is 1. The summed E-state index contributed by atoms with van der Waals surface area (Å²) in [4.78, 5) is 23.9. The Kier molecular flexibility index (Phi) is 7.04. The number of aliphatic carboxylic acids is 1. The predicted molar refractivity (Wildman–Crippen MR) is 112 cm³/mol. The number of likely N-dealkylation sites (N-methyl/N-ethyl adjacent to an activating group) is 2. The molecule has 0 atom stereocenters. The van der Waals surface area contributed by atoms with E-state index < -0.39 is 12.6 Å².